The van der Waals surface area contributed by atoms with Crippen molar-refractivity contribution in [1.82, 2.24) is 14.8 Å². The molecule has 3 aromatic rings. The number of nitrogens with one attached hydrogen (secondary N) is 1. The van der Waals surface area contributed by atoms with E-state index in [1.807, 2.05) is 72.6 Å². The number of carboxylic acid groups (broad SMARTS) is 2. The summed E-state index contributed by atoms with van der Waals surface area (Å²) in [4.78, 5) is 46.6. The third-order valence-corrected chi connectivity index (χ3v) is 5.47. The lowest BCUT2D eigenvalue weighted by Crippen LogP contribution is -2.43. The average Bonchev–Trinajstić information content (AvgIpc) is 2.90. The fraction of sp³-hybridized carbons (Fsp3) is 0.200. The zero-order chi connectivity index (χ0) is 28.8. The van der Waals surface area contributed by atoms with E-state index in [1.54, 1.807) is 16.7 Å². The van der Waals surface area contributed by atoms with Crippen molar-refractivity contribution >= 4 is 28.6 Å². The van der Waals surface area contributed by atoms with Crippen LogP contribution in [0.4, 0.5) is 0 Å². The molecule has 3 rings (SSSR count). The Kier molecular flexibility index (Phi) is 12.1. The summed E-state index contributed by atoms with van der Waals surface area (Å²) < 4.78 is 1.70. The summed E-state index contributed by atoms with van der Waals surface area (Å²) in [6, 6.07) is 17.5. The van der Waals surface area contributed by atoms with Crippen molar-refractivity contribution in [2.45, 2.75) is 19.5 Å². The highest BCUT2D eigenvalue weighted by Crippen LogP contribution is 2.26. The quantitative estimate of drug-likeness (QED) is 0.241. The van der Waals surface area contributed by atoms with Gasteiger partial charge in [-0.15, -0.1) is 13.2 Å². The third kappa shape index (κ3) is 9.90. The fourth-order valence-electron chi connectivity index (χ4n) is 3.90. The highest BCUT2D eigenvalue weighted by molar-refractivity contribution is 5.95. The second-order valence-electron chi connectivity index (χ2n) is 8.66. The molecular formula is C30H33N3O6. The zero-order valence-electron chi connectivity index (χ0n) is 21.8. The van der Waals surface area contributed by atoms with Gasteiger partial charge >= 0.3 is 11.9 Å². The SMILES string of the molecule is C=CCN(CC=C)CC(=O)NC(C)Cn1cc(-c2ccccc2)c2ccccc2c1=O.O=C(O)/C=C\C(=O)O. The van der Waals surface area contributed by atoms with Crippen molar-refractivity contribution in [2.24, 2.45) is 0 Å². The Morgan fingerprint density at radius 1 is 0.923 bits per heavy atom. The smallest absolute Gasteiger partial charge is 0.328 e. The molecule has 1 aromatic heterocycles. The first-order chi connectivity index (χ1) is 18.7. The van der Waals surface area contributed by atoms with Crippen molar-refractivity contribution in [3.63, 3.8) is 0 Å². The number of nitrogens with zero attached hydrogens (tertiary/aromatic N) is 2. The van der Waals surface area contributed by atoms with Crippen LogP contribution in [0.25, 0.3) is 21.9 Å². The van der Waals surface area contributed by atoms with Gasteiger partial charge in [-0.2, -0.15) is 0 Å². The van der Waals surface area contributed by atoms with Gasteiger partial charge in [-0.05, 0) is 23.9 Å². The Bertz CT molecular complexity index is 1370. The van der Waals surface area contributed by atoms with E-state index in [1.165, 1.54) is 0 Å². The summed E-state index contributed by atoms with van der Waals surface area (Å²) in [6.07, 6.45) is 6.54. The zero-order valence-corrected chi connectivity index (χ0v) is 21.8. The predicted molar refractivity (Wildman–Crippen MR) is 152 cm³/mol. The van der Waals surface area contributed by atoms with E-state index >= 15 is 0 Å². The maximum Gasteiger partial charge on any atom is 0.328 e. The summed E-state index contributed by atoms with van der Waals surface area (Å²) in [5.41, 5.74) is 1.99. The van der Waals surface area contributed by atoms with Gasteiger partial charge < -0.3 is 20.1 Å². The van der Waals surface area contributed by atoms with Crippen LogP contribution in [0.1, 0.15) is 6.92 Å². The Balaban J connectivity index is 0.000000580. The van der Waals surface area contributed by atoms with E-state index in [2.05, 4.69) is 18.5 Å². The van der Waals surface area contributed by atoms with Crippen molar-refractivity contribution in [3.05, 3.63) is 109 Å². The monoisotopic (exact) mass is 531 g/mol. The lowest BCUT2D eigenvalue weighted by atomic mass is 10.0. The molecular weight excluding hydrogens is 498 g/mol. The molecule has 1 amide bonds. The van der Waals surface area contributed by atoms with Crippen LogP contribution in [-0.2, 0) is 20.9 Å². The first kappa shape index (κ1) is 30.5. The number of rotatable bonds is 12. The molecule has 1 atom stereocenters. The van der Waals surface area contributed by atoms with Crippen molar-refractivity contribution in [3.8, 4) is 11.1 Å². The van der Waals surface area contributed by atoms with Gasteiger partial charge in [0.05, 0.1) is 6.54 Å². The van der Waals surface area contributed by atoms with Crippen LogP contribution >= 0.6 is 0 Å². The van der Waals surface area contributed by atoms with E-state index in [0.29, 0.717) is 37.2 Å². The van der Waals surface area contributed by atoms with Gasteiger partial charge in [-0.3, -0.25) is 14.5 Å². The van der Waals surface area contributed by atoms with Crippen LogP contribution < -0.4 is 10.9 Å². The molecule has 2 aromatic carbocycles. The van der Waals surface area contributed by atoms with E-state index in [4.69, 9.17) is 10.2 Å². The predicted octanol–water partition coefficient (Wildman–Crippen LogP) is 3.56. The molecule has 0 fully saturated rings. The molecule has 1 unspecified atom stereocenters. The van der Waals surface area contributed by atoms with Crippen LogP contribution in [0.3, 0.4) is 0 Å². The van der Waals surface area contributed by atoms with Crippen LogP contribution in [-0.4, -0.2) is 63.2 Å². The molecule has 9 nitrogen and oxygen atoms in total. The second kappa shape index (κ2) is 15.5. The van der Waals surface area contributed by atoms with Crippen molar-refractivity contribution < 1.29 is 24.6 Å². The number of aliphatic carboxylic acids is 2. The van der Waals surface area contributed by atoms with Gasteiger partial charge in [0.25, 0.3) is 5.56 Å². The molecule has 0 saturated heterocycles. The van der Waals surface area contributed by atoms with E-state index in [-0.39, 0.29) is 24.1 Å². The lowest BCUT2D eigenvalue weighted by Gasteiger charge is -2.21. The largest absolute Gasteiger partial charge is 0.478 e. The van der Waals surface area contributed by atoms with E-state index in [0.717, 1.165) is 16.5 Å². The number of hydrogen-bond acceptors (Lipinski definition) is 5. The van der Waals surface area contributed by atoms with E-state index in [9.17, 15) is 19.2 Å². The molecule has 0 bridgehead atoms. The van der Waals surface area contributed by atoms with Crippen LogP contribution in [0, 0.1) is 0 Å². The highest BCUT2D eigenvalue weighted by atomic mass is 16.4. The summed E-state index contributed by atoms with van der Waals surface area (Å²) in [5, 5.41) is 20.2. The third-order valence-electron chi connectivity index (χ3n) is 5.47. The number of pyridine rings is 1. The summed E-state index contributed by atoms with van der Waals surface area (Å²) in [7, 11) is 0. The topological polar surface area (TPSA) is 129 Å². The van der Waals surface area contributed by atoms with E-state index < -0.39 is 11.9 Å². The molecule has 204 valence electrons. The van der Waals surface area contributed by atoms with Gasteiger partial charge in [0, 0.05) is 55.0 Å². The molecule has 0 aliphatic heterocycles. The molecule has 0 aliphatic rings. The normalized spacial score (nSPS) is 11.4. The Morgan fingerprint density at radius 3 is 2.00 bits per heavy atom. The molecule has 9 heteroatoms. The maximum absolute atomic E-state index is 13.1. The number of carbonyl (C=O) groups excluding carboxylic acids is 1. The summed E-state index contributed by atoms with van der Waals surface area (Å²) in [5.74, 6) is -2.60. The summed E-state index contributed by atoms with van der Waals surface area (Å²) in [6.45, 7) is 11.2. The van der Waals surface area contributed by atoms with Gasteiger partial charge in [-0.1, -0.05) is 60.7 Å². The molecule has 3 N–H and O–H groups in total. The first-order valence-electron chi connectivity index (χ1n) is 12.2. The molecule has 39 heavy (non-hydrogen) atoms. The Morgan fingerprint density at radius 2 is 1.46 bits per heavy atom. The molecule has 0 radical (unpaired) electrons. The molecule has 1 heterocycles. The minimum atomic E-state index is -1.26. The lowest BCUT2D eigenvalue weighted by molar-refractivity contribution is -0.134. The minimum absolute atomic E-state index is 0.0590. The number of fused-ring (bicyclic) bond motifs is 1. The number of carbonyl (C=O) groups is 3. The van der Waals surface area contributed by atoms with Gasteiger partial charge in [0.1, 0.15) is 0 Å². The minimum Gasteiger partial charge on any atom is -0.478 e. The maximum atomic E-state index is 13.1. The fourth-order valence-corrected chi connectivity index (χ4v) is 3.90. The standard InChI is InChI=1S/C26H29N3O2.C4H4O4/c1-4-15-28(16-5-2)19-25(30)27-20(3)17-29-18-24(21-11-7-6-8-12-21)22-13-9-10-14-23(22)26(29)31;5-3(6)1-2-4(7)8/h4-14,18,20H,1-2,15-17,19H2,3H3,(H,27,30);1-2H,(H,5,6)(H,7,8)/b;2-1-. The average molecular weight is 532 g/mol. The second-order valence-corrected chi connectivity index (χ2v) is 8.66. The Labute approximate surface area is 227 Å². The molecule has 0 saturated carbocycles. The van der Waals surface area contributed by atoms with Crippen LogP contribution in [0.15, 0.2) is 103 Å². The highest BCUT2D eigenvalue weighted by Gasteiger charge is 2.15. The number of carboxylic acids is 2. The number of aromatic nitrogens is 1. The van der Waals surface area contributed by atoms with Crippen LogP contribution in [0.5, 0.6) is 0 Å². The van der Waals surface area contributed by atoms with Gasteiger partial charge in [0.2, 0.25) is 5.91 Å². The first-order valence-corrected chi connectivity index (χ1v) is 12.2. The molecule has 0 aliphatic carbocycles. The van der Waals surface area contributed by atoms with Gasteiger partial charge in [-0.25, -0.2) is 9.59 Å². The molecule has 0 spiro atoms. The number of hydrogen-bond donors (Lipinski definition) is 3. The summed E-state index contributed by atoms with van der Waals surface area (Å²) >= 11 is 0. The van der Waals surface area contributed by atoms with Gasteiger partial charge in [0.15, 0.2) is 0 Å². The number of amides is 1. The van der Waals surface area contributed by atoms with Crippen molar-refractivity contribution in [1.29, 1.82) is 0 Å². The number of benzene rings is 2. The Hall–Kier alpha value is -4.76. The van der Waals surface area contributed by atoms with Crippen molar-refractivity contribution in [2.75, 3.05) is 19.6 Å². The van der Waals surface area contributed by atoms with Crippen LogP contribution in [0.2, 0.25) is 0 Å².